The van der Waals surface area contributed by atoms with Crippen LogP contribution in [0.4, 0.5) is 0 Å². The van der Waals surface area contributed by atoms with Gasteiger partial charge < -0.3 is 4.52 Å². The minimum absolute atomic E-state index is 0.0199. The number of benzene rings is 1. The van der Waals surface area contributed by atoms with Gasteiger partial charge in [0.05, 0.1) is 9.77 Å². The van der Waals surface area contributed by atoms with Crippen molar-refractivity contribution in [3.63, 3.8) is 0 Å². The molecule has 8 heteroatoms. The zero-order valence-corrected chi connectivity index (χ0v) is 16.5. The van der Waals surface area contributed by atoms with Gasteiger partial charge in [-0.2, -0.15) is 4.98 Å². The highest BCUT2D eigenvalue weighted by Gasteiger charge is 2.18. The first-order valence-electron chi connectivity index (χ1n) is 8.22. The Morgan fingerprint density at radius 2 is 1.88 bits per heavy atom. The maximum absolute atomic E-state index is 12.4. The van der Waals surface area contributed by atoms with E-state index in [2.05, 4.69) is 35.6 Å². The molecule has 0 amide bonds. The summed E-state index contributed by atoms with van der Waals surface area (Å²) in [4.78, 5) is 5.44. The van der Waals surface area contributed by atoms with Crippen LogP contribution in [-0.2, 0) is 21.9 Å². The summed E-state index contributed by atoms with van der Waals surface area (Å²) in [6.07, 6.45) is 0.331. The normalized spacial score (nSPS) is 12.4. The Bertz CT molecular complexity index is 954. The highest BCUT2D eigenvalue weighted by molar-refractivity contribution is 7.89. The molecule has 0 radical (unpaired) electrons. The average Bonchev–Trinajstić information content (AvgIpc) is 3.25. The van der Waals surface area contributed by atoms with Crippen molar-refractivity contribution in [3.8, 4) is 10.7 Å². The van der Waals surface area contributed by atoms with Crippen LogP contribution in [0.3, 0.4) is 0 Å². The van der Waals surface area contributed by atoms with Crippen LogP contribution in [-0.4, -0.2) is 25.1 Å². The van der Waals surface area contributed by atoms with Crippen molar-refractivity contribution in [2.45, 2.75) is 37.5 Å². The molecule has 0 bridgehead atoms. The van der Waals surface area contributed by atoms with E-state index in [1.165, 1.54) is 11.3 Å². The maximum Gasteiger partial charge on any atom is 0.240 e. The molecule has 2 heterocycles. The van der Waals surface area contributed by atoms with E-state index in [1.807, 2.05) is 29.6 Å². The largest absolute Gasteiger partial charge is 0.339 e. The van der Waals surface area contributed by atoms with E-state index in [-0.39, 0.29) is 16.9 Å². The van der Waals surface area contributed by atoms with Gasteiger partial charge in [-0.1, -0.05) is 44.1 Å². The minimum Gasteiger partial charge on any atom is -0.339 e. The average molecular weight is 392 g/mol. The number of thiophene rings is 1. The number of rotatable bonds is 6. The predicted molar refractivity (Wildman–Crippen MR) is 102 cm³/mol. The molecule has 26 heavy (non-hydrogen) atoms. The molecule has 6 nitrogen and oxygen atoms in total. The zero-order chi connectivity index (χ0) is 18.8. The van der Waals surface area contributed by atoms with Crippen molar-refractivity contribution in [1.29, 1.82) is 0 Å². The van der Waals surface area contributed by atoms with E-state index in [9.17, 15) is 8.42 Å². The lowest BCUT2D eigenvalue weighted by molar-refractivity contribution is 0.379. The molecule has 0 spiro atoms. The Morgan fingerprint density at radius 1 is 1.15 bits per heavy atom. The van der Waals surface area contributed by atoms with Crippen molar-refractivity contribution < 1.29 is 12.9 Å². The van der Waals surface area contributed by atoms with Gasteiger partial charge in [0.1, 0.15) is 0 Å². The van der Waals surface area contributed by atoms with Crippen LogP contribution in [0.5, 0.6) is 0 Å². The van der Waals surface area contributed by atoms with Crippen LogP contribution in [0.25, 0.3) is 10.7 Å². The predicted octanol–water partition coefficient (Wildman–Crippen LogP) is 3.62. The summed E-state index contributed by atoms with van der Waals surface area (Å²) in [7, 11) is -3.57. The lowest BCUT2D eigenvalue weighted by Gasteiger charge is -2.19. The van der Waals surface area contributed by atoms with Crippen LogP contribution in [0.15, 0.2) is 51.2 Å². The third-order valence-electron chi connectivity index (χ3n) is 3.87. The van der Waals surface area contributed by atoms with Gasteiger partial charge in [0, 0.05) is 13.0 Å². The Kier molecular flexibility index (Phi) is 5.27. The summed E-state index contributed by atoms with van der Waals surface area (Å²) in [5, 5.41) is 5.85. The third-order valence-corrected chi connectivity index (χ3v) is 6.21. The SMILES string of the molecule is CC(C)(C)c1ccc(S(=O)(=O)NCCc2nc(-c3cccs3)no2)cc1. The smallest absolute Gasteiger partial charge is 0.240 e. The monoisotopic (exact) mass is 391 g/mol. The van der Waals surface area contributed by atoms with Gasteiger partial charge in [0.2, 0.25) is 21.7 Å². The lowest BCUT2D eigenvalue weighted by atomic mass is 9.87. The summed E-state index contributed by atoms with van der Waals surface area (Å²) in [6.45, 7) is 6.45. The van der Waals surface area contributed by atoms with Gasteiger partial charge >= 0.3 is 0 Å². The molecule has 0 aliphatic rings. The molecule has 0 atom stereocenters. The molecule has 0 aliphatic heterocycles. The number of aromatic nitrogens is 2. The van der Waals surface area contributed by atoms with E-state index < -0.39 is 10.0 Å². The Labute approximate surface area is 157 Å². The van der Waals surface area contributed by atoms with Gasteiger partial charge in [-0.3, -0.25) is 0 Å². The summed E-state index contributed by atoms with van der Waals surface area (Å²) in [5.41, 5.74) is 1.07. The Morgan fingerprint density at radius 3 is 2.50 bits per heavy atom. The summed E-state index contributed by atoms with van der Waals surface area (Å²) in [6, 6.07) is 10.8. The molecule has 2 aromatic heterocycles. The van der Waals surface area contributed by atoms with E-state index in [0.717, 1.165) is 10.4 Å². The maximum atomic E-state index is 12.4. The van der Waals surface area contributed by atoms with Crippen LogP contribution in [0.1, 0.15) is 32.2 Å². The lowest BCUT2D eigenvalue weighted by Crippen LogP contribution is -2.26. The highest BCUT2D eigenvalue weighted by atomic mass is 32.2. The van der Waals surface area contributed by atoms with Crippen molar-refractivity contribution in [2.75, 3.05) is 6.54 Å². The molecule has 0 saturated carbocycles. The molecular formula is C18H21N3O3S2. The standard InChI is InChI=1S/C18H21N3O3S2/c1-18(2,3)13-6-8-14(9-7-13)26(22,23)19-11-10-16-20-17(21-24-16)15-5-4-12-25-15/h4-9,12,19H,10-11H2,1-3H3. The van der Waals surface area contributed by atoms with Gasteiger partial charge in [-0.15, -0.1) is 11.3 Å². The second-order valence-corrected chi connectivity index (χ2v) is 9.63. The quantitative estimate of drug-likeness (QED) is 0.694. The van der Waals surface area contributed by atoms with Gasteiger partial charge in [-0.05, 0) is 34.6 Å². The van der Waals surface area contributed by atoms with Crippen LogP contribution < -0.4 is 4.72 Å². The van der Waals surface area contributed by atoms with Crippen molar-refractivity contribution in [1.82, 2.24) is 14.9 Å². The van der Waals surface area contributed by atoms with Crippen LogP contribution in [0.2, 0.25) is 0 Å². The van der Waals surface area contributed by atoms with E-state index >= 15 is 0 Å². The molecule has 1 aromatic carbocycles. The summed E-state index contributed by atoms with van der Waals surface area (Å²) in [5.74, 6) is 0.926. The molecule has 0 aliphatic carbocycles. The Balaban J connectivity index is 1.60. The molecule has 0 fully saturated rings. The van der Waals surface area contributed by atoms with Crippen LogP contribution >= 0.6 is 11.3 Å². The van der Waals surface area contributed by atoms with Crippen molar-refractivity contribution in [2.24, 2.45) is 0 Å². The number of hydrogen-bond acceptors (Lipinski definition) is 6. The topological polar surface area (TPSA) is 85.1 Å². The van der Waals surface area contributed by atoms with E-state index in [4.69, 9.17) is 4.52 Å². The third kappa shape index (κ3) is 4.38. The molecular weight excluding hydrogens is 370 g/mol. The highest BCUT2D eigenvalue weighted by Crippen LogP contribution is 2.23. The Hall–Kier alpha value is -2.03. The molecule has 3 aromatic rings. The fourth-order valence-corrected chi connectivity index (χ4v) is 4.05. The summed E-state index contributed by atoms with van der Waals surface area (Å²) >= 11 is 1.52. The number of nitrogens with zero attached hydrogens (tertiary/aromatic N) is 2. The fourth-order valence-electron chi connectivity index (χ4n) is 2.37. The van der Waals surface area contributed by atoms with E-state index in [1.54, 1.807) is 12.1 Å². The minimum atomic E-state index is -3.57. The van der Waals surface area contributed by atoms with Gasteiger partial charge in [0.15, 0.2) is 0 Å². The van der Waals surface area contributed by atoms with Gasteiger partial charge in [0.25, 0.3) is 0 Å². The molecule has 0 unspecified atom stereocenters. The first kappa shape index (κ1) is 18.8. The first-order chi connectivity index (χ1) is 12.3. The second-order valence-electron chi connectivity index (χ2n) is 6.91. The molecule has 1 N–H and O–H groups in total. The first-order valence-corrected chi connectivity index (χ1v) is 10.6. The number of sulfonamides is 1. The van der Waals surface area contributed by atoms with Crippen LogP contribution in [0, 0.1) is 0 Å². The number of hydrogen-bond donors (Lipinski definition) is 1. The van der Waals surface area contributed by atoms with Crippen molar-refractivity contribution >= 4 is 21.4 Å². The molecule has 3 rings (SSSR count). The fraction of sp³-hybridized carbons (Fsp3) is 0.333. The summed E-state index contributed by atoms with van der Waals surface area (Å²) < 4.78 is 32.5. The van der Waals surface area contributed by atoms with Crippen molar-refractivity contribution in [3.05, 3.63) is 53.2 Å². The molecule has 0 saturated heterocycles. The number of nitrogens with one attached hydrogen (secondary N) is 1. The van der Waals surface area contributed by atoms with Gasteiger partial charge in [-0.25, -0.2) is 13.1 Å². The van der Waals surface area contributed by atoms with E-state index in [0.29, 0.717) is 18.1 Å². The second kappa shape index (κ2) is 7.30. The zero-order valence-electron chi connectivity index (χ0n) is 14.9. The molecule has 138 valence electrons.